The lowest BCUT2D eigenvalue weighted by Gasteiger charge is -2.15. The van der Waals surface area contributed by atoms with Crippen LogP contribution in [0.2, 0.25) is 0 Å². The van der Waals surface area contributed by atoms with E-state index in [0.717, 1.165) is 38.2 Å². The molecule has 4 heteroatoms. The van der Waals surface area contributed by atoms with Gasteiger partial charge in [0.1, 0.15) is 5.58 Å². The molecule has 170 valence electrons. The molecule has 0 fully saturated rings. The zero-order valence-corrected chi connectivity index (χ0v) is 19.1. The van der Waals surface area contributed by atoms with Crippen LogP contribution in [0.3, 0.4) is 0 Å². The van der Waals surface area contributed by atoms with E-state index >= 15 is 0 Å². The van der Waals surface area contributed by atoms with Crippen LogP contribution in [0.1, 0.15) is 0 Å². The van der Waals surface area contributed by atoms with Crippen molar-refractivity contribution in [3.05, 3.63) is 136 Å². The number of benzene rings is 5. The molecule has 5 aromatic carbocycles. The average Bonchev–Trinajstić information content (AvgIpc) is 2.94. The first-order chi connectivity index (χ1) is 17.7. The van der Waals surface area contributed by atoms with E-state index in [-0.39, 0.29) is 5.56 Å². The van der Waals surface area contributed by atoms with Crippen LogP contribution in [-0.4, -0.2) is 4.57 Å². The second-order valence-corrected chi connectivity index (χ2v) is 8.90. The minimum Gasteiger partial charge on any atom is -0.422 e. The lowest BCUT2D eigenvalue weighted by atomic mass is 9.99. The number of fused-ring (bicyclic) bond motifs is 6. The van der Waals surface area contributed by atoms with Crippen LogP contribution < -0.4 is 11.2 Å². The Morgan fingerprint density at radius 2 is 1.22 bits per heavy atom. The van der Waals surface area contributed by atoms with Crippen molar-refractivity contribution in [2.24, 2.45) is 0 Å². The Bertz CT molecular complexity index is 2090. The summed E-state index contributed by atoms with van der Waals surface area (Å²) in [7, 11) is 0. The molecule has 7 rings (SSSR count). The summed E-state index contributed by atoms with van der Waals surface area (Å²) >= 11 is 0. The van der Waals surface area contributed by atoms with Crippen molar-refractivity contribution >= 4 is 43.4 Å². The lowest BCUT2D eigenvalue weighted by molar-refractivity contribution is 0.569. The van der Waals surface area contributed by atoms with Gasteiger partial charge in [0.05, 0.1) is 10.9 Å². The molecule has 0 radical (unpaired) electrons. The van der Waals surface area contributed by atoms with Gasteiger partial charge in [0.2, 0.25) is 0 Å². The third kappa shape index (κ3) is 3.01. The highest BCUT2D eigenvalue weighted by Gasteiger charge is 2.15. The summed E-state index contributed by atoms with van der Waals surface area (Å²) in [6.07, 6.45) is 0. The first-order valence-electron chi connectivity index (χ1n) is 11.8. The molecule has 36 heavy (non-hydrogen) atoms. The maximum absolute atomic E-state index is 13.8. The minimum atomic E-state index is -0.390. The minimum absolute atomic E-state index is 0.0998. The molecule has 0 atom stereocenters. The Hall–Kier alpha value is -4.96. The van der Waals surface area contributed by atoms with E-state index in [1.165, 1.54) is 0 Å². The van der Waals surface area contributed by atoms with Gasteiger partial charge in [-0.1, -0.05) is 72.8 Å². The lowest BCUT2D eigenvalue weighted by Crippen LogP contribution is -2.19. The molecule has 7 aromatic rings. The van der Waals surface area contributed by atoms with E-state index < -0.39 is 5.63 Å². The summed E-state index contributed by atoms with van der Waals surface area (Å²) < 4.78 is 7.25. The Balaban J connectivity index is 1.59. The van der Waals surface area contributed by atoms with Crippen molar-refractivity contribution in [1.29, 1.82) is 0 Å². The largest absolute Gasteiger partial charge is 0.422 e. The Kier molecular flexibility index (Phi) is 4.42. The van der Waals surface area contributed by atoms with Crippen LogP contribution in [-0.2, 0) is 0 Å². The quantitative estimate of drug-likeness (QED) is 0.203. The molecule has 0 saturated carbocycles. The second-order valence-electron chi connectivity index (χ2n) is 8.90. The fourth-order valence-electron chi connectivity index (χ4n) is 5.15. The Labute approximate surface area is 205 Å². The van der Waals surface area contributed by atoms with Gasteiger partial charge in [-0.25, -0.2) is 4.79 Å². The number of para-hydroxylation sites is 1. The summed E-state index contributed by atoms with van der Waals surface area (Å²) in [6.45, 7) is 0. The first kappa shape index (κ1) is 20.4. The van der Waals surface area contributed by atoms with Crippen molar-refractivity contribution in [1.82, 2.24) is 4.57 Å². The maximum Gasteiger partial charge on any atom is 0.344 e. The molecule has 0 unspecified atom stereocenters. The smallest absolute Gasteiger partial charge is 0.344 e. The third-order valence-corrected chi connectivity index (χ3v) is 6.86. The van der Waals surface area contributed by atoms with Crippen molar-refractivity contribution in [2.75, 3.05) is 0 Å². The van der Waals surface area contributed by atoms with E-state index in [9.17, 15) is 9.59 Å². The van der Waals surface area contributed by atoms with Gasteiger partial charge in [0.15, 0.2) is 0 Å². The molecular weight excluding hydrogens is 446 g/mol. The van der Waals surface area contributed by atoms with Gasteiger partial charge in [-0.3, -0.25) is 9.36 Å². The van der Waals surface area contributed by atoms with Gasteiger partial charge in [-0.05, 0) is 59.0 Å². The van der Waals surface area contributed by atoms with E-state index in [4.69, 9.17) is 4.42 Å². The SMILES string of the molecule is O=c1oc2ccccc2c2cc(-n3c(=O)c4ccccc4c4cc(-c5ccccc5)ccc43)ccc12. The third-order valence-electron chi connectivity index (χ3n) is 6.86. The number of hydrogen-bond donors (Lipinski definition) is 0. The predicted molar refractivity (Wildman–Crippen MR) is 146 cm³/mol. The summed E-state index contributed by atoms with van der Waals surface area (Å²) in [5.41, 5.74) is 3.74. The van der Waals surface area contributed by atoms with Crippen LogP contribution >= 0.6 is 0 Å². The van der Waals surface area contributed by atoms with E-state index in [1.807, 2.05) is 84.9 Å². The summed E-state index contributed by atoms with van der Waals surface area (Å²) in [4.78, 5) is 26.5. The molecular formula is C32H19NO3. The fourth-order valence-corrected chi connectivity index (χ4v) is 5.15. The molecule has 0 aliphatic heterocycles. The summed E-state index contributed by atoms with van der Waals surface area (Å²) in [5, 5.41) is 4.63. The Morgan fingerprint density at radius 1 is 0.500 bits per heavy atom. The van der Waals surface area contributed by atoms with Crippen LogP contribution in [0.4, 0.5) is 0 Å². The molecule has 0 aliphatic rings. The highest BCUT2D eigenvalue weighted by molar-refractivity contribution is 6.08. The predicted octanol–water partition coefficient (Wildman–Crippen LogP) is 7.07. The molecule has 4 nitrogen and oxygen atoms in total. The summed E-state index contributed by atoms with van der Waals surface area (Å²) in [5.74, 6) is 0. The van der Waals surface area contributed by atoms with Crippen LogP contribution in [0.25, 0.3) is 60.2 Å². The zero-order valence-electron chi connectivity index (χ0n) is 19.1. The van der Waals surface area contributed by atoms with Gasteiger partial charge < -0.3 is 4.42 Å². The highest BCUT2D eigenvalue weighted by Crippen LogP contribution is 2.31. The molecule has 0 amide bonds. The standard InChI is InChI=1S/C32H19NO3/c34-31-25-12-5-4-10-23(25)28-18-21(20-8-2-1-3-9-20)14-17-29(28)33(31)22-15-16-26-27(19-22)24-11-6-7-13-30(24)36-32(26)35/h1-19H. The molecule has 0 saturated heterocycles. The van der Waals surface area contributed by atoms with E-state index in [2.05, 4.69) is 18.2 Å². The van der Waals surface area contributed by atoms with Crippen LogP contribution in [0, 0.1) is 0 Å². The number of aromatic nitrogens is 1. The van der Waals surface area contributed by atoms with Gasteiger partial charge in [-0.15, -0.1) is 0 Å². The summed E-state index contributed by atoms with van der Waals surface area (Å²) in [6, 6.07) is 37.1. The maximum atomic E-state index is 13.8. The van der Waals surface area contributed by atoms with E-state index in [1.54, 1.807) is 16.7 Å². The molecule has 0 N–H and O–H groups in total. The molecule has 0 aliphatic carbocycles. The van der Waals surface area contributed by atoms with E-state index in [0.29, 0.717) is 22.0 Å². The van der Waals surface area contributed by atoms with Gasteiger partial charge >= 0.3 is 5.63 Å². The monoisotopic (exact) mass is 465 g/mol. The number of rotatable bonds is 2. The van der Waals surface area contributed by atoms with Crippen molar-refractivity contribution in [3.8, 4) is 16.8 Å². The van der Waals surface area contributed by atoms with Gasteiger partial charge in [-0.2, -0.15) is 0 Å². The number of hydrogen-bond acceptors (Lipinski definition) is 3. The number of pyridine rings is 1. The molecule has 0 bridgehead atoms. The van der Waals surface area contributed by atoms with Crippen LogP contribution in [0.15, 0.2) is 129 Å². The second kappa shape index (κ2) is 7.79. The Morgan fingerprint density at radius 3 is 2.06 bits per heavy atom. The topological polar surface area (TPSA) is 52.2 Å². The van der Waals surface area contributed by atoms with Gasteiger partial charge in [0.25, 0.3) is 5.56 Å². The first-order valence-corrected chi connectivity index (χ1v) is 11.8. The van der Waals surface area contributed by atoms with Crippen LogP contribution in [0.5, 0.6) is 0 Å². The van der Waals surface area contributed by atoms with Crippen molar-refractivity contribution in [3.63, 3.8) is 0 Å². The zero-order chi connectivity index (χ0) is 24.2. The highest BCUT2D eigenvalue weighted by atomic mass is 16.4. The van der Waals surface area contributed by atoms with Crippen molar-refractivity contribution in [2.45, 2.75) is 0 Å². The number of nitrogens with zero attached hydrogens (tertiary/aromatic N) is 1. The molecule has 2 aromatic heterocycles. The van der Waals surface area contributed by atoms with Crippen molar-refractivity contribution < 1.29 is 4.42 Å². The average molecular weight is 466 g/mol. The van der Waals surface area contributed by atoms with Gasteiger partial charge in [0, 0.05) is 27.2 Å². The fraction of sp³-hybridized carbons (Fsp3) is 0. The molecule has 2 heterocycles. The normalized spacial score (nSPS) is 11.6. The molecule has 0 spiro atoms.